The van der Waals surface area contributed by atoms with Crippen LogP contribution in [0.2, 0.25) is 0 Å². The van der Waals surface area contributed by atoms with E-state index in [2.05, 4.69) is 18.3 Å². The second-order valence-corrected chi connectivity index (χ2v) is 5.99. The highest BCUT2D eigenvalue weighted by Gasteiger charge is 2.28. The van der Waals surface area contributed by atoms with Crippen LogP contribution in [-0.2, 0) is 11.2 Å². The number of aliphatic carboxylic acids is 1. The number of fused-ring (bicyclic) bond motifs is 1. The van der Waals surface area contributed by atoms with Crippen LogP contribution in [-0.4, -0.2) is 24.2 Å². The topological polar surface area (TPSA) is 58.6 Å². The maximum atomic E-state index is 11.1. The lowest BCUT2D eigenvalue weighted by molar-refractivity contribution is -0.148. The fourth-order valence-corrected chi connectivity index (χ4v) is 2.47. The maximum absolute atomic E-state index is 11.1. The zero-order valence-corrected chi connectivity index (χ0v) is 12.4. The zero-order valence-electron chi connectivity index (χ0n) is 12.4. The first-order valence-electron chi connectivity index (χ1n) is 7.16. The number of carboxylic acids is 1. The van der Waals surface area contributed by atoms with Crippen molar-refractivity contribution in [1.82, 2.24) is 5.32 Å². The number of aryl methyl sites for hydroxylation is 1. The van der Waals surface area contributed by atoms with E-state index in [9.17, 15) is 4.79 Å². The summed E-state index contributed by atoms with van der Waals surface area (Å²) >= 11 is 0. The van der Waals surface area contributed by atoms with Gasteiger partial charge in [-0.3, -0.25) is 4.79 Å². The second kappa shape index (κ2) is 5.83. The van der Waals surface area contributed by atoms with Crippen LogP contribution in [0.25, 0.3) is 0 Å². The number of hydrogen-bond acceptors (Lipinski definition) is 3. The molecule has 1 aliphatic carbocycles. The Morgan fingerprint density at radius 1 is 1.50 bits per heavy atom. The molecule has 0 saturated carbocycles. The van der Waals surface area contributed by atoms with Crippen LogP contribution in [0.3, 0.4) is 0 Å². The molecule has 20 heavy (non-hydrogen) atoms. The zero-order chi connectivity index (χ0) is 14.8. The molecular formula is C16H23NO3. The maximum Gasteiger partial charge on any atom is 0.312 e. The first-order valence-corrected chi connectivity index (χ1v) is 7.16. The van der Waals surface area contributed by atoms with Crippen molar-refractivity contribution in [3.8, 4) is 5.75 Å². The standard InChI is InChI=1S/C16H23NO3/c1-4-17-14-8-5-11-9-12(6-7-13(11)14)20-10-16(2,3)15(18)19/h6-7,9,14,17H,4-5,8,10H2,1-3H3,(H,18,19). The Morgan fingerprint density at radius 2 is 2.25 bits per heavy atom. The summed E-state index contributed by atoms with van der Waals surface area (Å²) in [5.41, 5.74) is 1.78. The average molecular weight is 277 g/mol. The summed E-state index contributed by atoms with van der Waals surface area (Å²) in [7, 11) is 0. The average Bonchev–Trinajstić information content (AvgIpc) is 2.79. The number of rotatable bonds is 6. The van der Waals surface area contributed by atoms with Gasteiger partial charge in [0.1, 0.15) is 12.4 Å². The van der Waals surface area contributed by atoms with Crippen LogP contribution in [0.4, 0.5) is 0 Å². The lowest BCUT2D eigenvalue weighted by Crippen LogP contribution is -2.30. The van der Waals surface area contributed by atoms with Gasteiger partial charge in [-0.05, 0) is 56.5 Å². The van der Waals surface area contributed by atoms with E-state index in [-0.39, 0.29) is 6.61 Å². The van der Waals surface area contributed by atoms with Crippen LogP contribution in [0.5, 0.6) is 5.75 Å². The molecule has 0 radical (unpaired) electrons. The number of nitrogens with one attached hydrogen (secondary N) is 1. The van der Waals surface area contributed by atoms with Crippen molar-refractivity contribution in [2.75, 3.05) is 13.2 Å². The second-order valence-electron chi connectivity index (χ2n) is 5.99. The summed E-state index contributed by atoms with van der Waals surface area (Å²) in [5, 5.41) is 12.6. The Hall–Kier alpha value is -1.55. The Bertz CT molecular complexity index is 496. The van der Waals surface area contributed by atoms with Crippen molar-refractivity contribution in [2.24, 2.45) is 5.41 Å². The van der Waals surface area contributed by atoms with Crippen LogP contribution in [0.1, 0.15) is 44.4 Å². The highest BCUT2D eigenvalue weighted by atomic mass is 16.5. The molecule has 2 N–H and O–H groups in total. The summed E-state index contributed by atoms with van der Waals surface area (Å²) < 4.78 is 5.65. The van der Waals surface area contributed by atoms with Gasteiger partial charge in [0.2, 0.25) is 0 Å². The van der Waals surface area contributed by atoms with Gasteiger partial charge < -0.3 is 15.2 Å². The van der Waals surface area contributed by atoms with Gasteiger partial charge in [0.25, 0.3) is 0 Å². The van der Waals surface area contributed by atoms with E-state index in [0.29, 0.717) is 6.04 Å². The van der Waals surface area contributed by atoms with Crippen molar-refractivity contribution < 1.29 is 14.6 Å². The van der Waals surface area contributed by atoms with Gasteiger partial charge in [-0.25, -0.2) is 0 Å². The predicted molar refractivity (Wildman–Crippen MR) is 78.1 cm³/mol. The van der Waals surface area contributed by atoms with Gasteiger partial charge in [-0.2, -0.15) is 0 Å². The largest absolute Gasteiger partial charge is 0.492 e. The van der Waals surface area contributed by atoms with Crippen molar-refractivity contribution in [2.45, 2.75) is 39.7 Å². The van der Waals surface area contributed by atoms with Crippen LogP contribution in [0.15, 0.2) is 18.2 Å². The Labute approximate surface area is 120 Å². The van der Waals surface area contributed by atoms with E-state index in [1.807, 2.05) is 12.1 Å². The summed E-state index contributed by atoms with van der Waals surface area (Å²) in [6.07, 6.45) is 2.17. The van der Waals surface area contributed by atoms with Gasteiger partial charge in [-0.15, -0.1) is 0 Å². The molecule has 1 aliphatic rings. The molecule has 0 aliphatic heterocycles. The first kappa shape index (κ1) is 14.9. The number of ether oxygens (including phenoxy) is 1. The Kier molecular flexibility index (Phi) is 4.33. The smallest absolute Gasteiger partial charge is 0.312 e. The summed E-state index contributed by atoms with van der Waals surface area (Å²) in [5.74, 6) is -0.0823. The lowest BCUT2D eigenvalue weighted by atomic mass is 9.95. The molecule has 110 valence electrons. The Balaban J connectivity index is 2.04. The van der Waals surface area contributed by atoms with Gasteiger partial charge in [-0.1, -0.05) is 13.0 Å². The minimum atomic E-state index is -0.870. The molecule has 1 aromatic rings. The summed E-state index contributed by atoms with van der Waals surface area (Å²) in [4.78, 5) is 11.1. The van der Waals surface area contributed by atoms with Gasteiger partial charge >= 0.3 is 5.97 Å². The molecule has 0 fully saturated rings. The van der Waals surface area contributed by atoms with Crippen molar-refractivity contribution >= 4 is 5.97 Å². The highest BCUT2D eigenvalue weighted by Crippen LogP contribution is 2.33. The monoisotopic (exact) mass is 277 g/mol. The molecular weight excluding hydrogens is 254 g/mol. The third-order valence-electron chi connectivity index (χ3n) is 3.82. The van der Waals surface area contributed by atoms with Gasteiger partial charge in [0, 0.05) is 6.04 Å². The minimum absolute atomic E-state index is 0.178. The molecule has 0 amide bonds. The lowest BCUT2D eigenvalue weighted by Gasteiger charge is -2.20. The molecule has 0 heterocycles. The van der Waals surface area contributed by atoms with Crippen molar-refractivity contribution in [1.29, 1.82) is 0 Å². The Morgan fingerprint density at radius 3 is 2.90 bits per heavy atom. The van der Waals surface area contributed by atoms with E-state index in [1.54, 1.807) is 13.8 Å². The van der Waals surface area contributed by atoms with Crippen molar-refractivity contribution in [3.05, 3.63) is 29.3 Å². The quantitative estimate of drug-likeness (QED) is 0.839. The molecule has 0 saturated heterocycles. The summed E-state index contributed by atoms with van der Waals surface area (Å²) in [6, 6.07) is 6.52. The molecule has 4 heteroatoms. The highest BCUT2D eigenvalue weighted by molar-refractivity contribution is 5.73. The fourth-order valence-electron chi connectivity index (χ4n) is 2.47. The predicted octanol–water partition coefficient (Wildman–Crippen LogP) is 2.77. The molecule has 1 aromatic carbocycles. The molecule has 0 aromatic heterocycles. The molecule has 0 bridgehead atoms. The van der Waals surface area contributed by atoms with E-state index in [4.69, 9.17) is 9.84 Å². The molecule has 4 nitrogen and oxygen atoms in total. The minimum Gasteiger partial charge on any atom is -0.492 e. The molecule has 0 spiro atoms. The van der Waals surface area contributed by atoms with E-state index in [0.717, 1.165) is 25.1 Å². The molecule has 2 rings (SSSR count). The third kappa shape index (κ3) is 3.12. The van der Waals surface area contributed by atoms with Crippen LogP contribution < -0.4 is 10.1 Å². The number of benzene rings is 1. The fraction of sp³-hybridized carbons (Fsp3) is 0.562. The summed E-state index contributed by atoms with van der Waals surface area (Å²) in [6.45, 7) is 6.60. The van der Waals surface area contributed by atoms with Crippen LogP contribution >= 0.6 is 0 Å². The number of hydrogen-bond donors (Lipinski definition) is 2. The van der Waals surface area contributed by atoms with E-state index < -0.39 is 11.4 Å². The normalized spacial score (nSPS) is 17.9. The number of carboxylic acid groups (broad SMARTS) is 1. The van der Waals surface area contributed by atoms with Crippen molar-refractivity contribution in [3.63, 3.8) is 0 Å². The first-order chi connectivity index (χ1) is 9.44. The SMILES string of the molecule is CCNC1CCc2cc(OCC(C)(C)C(=O)O)ccc21. The molecule has 1 atom stereocenters. The third-order valence-corrected chi connectivity index (χ3v) is 3.82. The van der Waals surface area contributed by atoms with Gasteiger partial charge in [0.15, 0.2) is 0 Å². The van der Waals surface area contributed by atoms with Gasteiger partial charge in [0.05, 0.1) is 5.41 Å². The van der Waals surface area contributed by atoms with Crippen LogP contribution in [0, 0.1) is 5.41 Å². The van der Waals surface area contributed by atoms with E-state index in [1.165, 1.54) is 11.1 Å². The molecule has 1 unspecified atom stereocenters. The van der Waals surface area contributed by atoms with E-state index >= 15 is 0 Å². The number of carbonyl (C=O) groups is 1.